The van der Waals surface area contributed by atoms with E-state index in [1.807, 2.05) is 26.4 Å². The second-order valence-electron chi connectivity index (χ2n) is 8.08. The average molecular weight is 528 g/mol. The molecular formula is C22H37IN6O. The van der Waals surface area contributed by atoms with Crippen molar-refractivity contribution in [2.24, 2.45) is 10.9 Å². The molecule has 1 amide bonds. The van der Waals surface area contributed by atoms with Gasteiger partial charge in [-0.15, -0.1) is 24.0 Å². The standard InChI is InChI=1S/C22H36N6O.HI/c1-18(2)16-24-22(25-17-21(29)26(3)4)27(5)13-8-19-9-14-28(15-10-19)20-6-11-23-12-7-20;/h6-7,11-12,19H,1,8-10,13-17H2,2-5H3,(H,24,25);1H. The first-order chi connectivity index (χ1) is 13.9. The van der Waals surface area contributed by atoms with Gasteiger partial charge in [0.05, 0.1) is 0 Å². The molecule has 30 heavy (non-hydrogen) atoms. The fourth-order valence-corrected chi connectivity index (χ4v) is 3.34. The lowest BCUT2D eigenvalue weighted by atomic mass is 9.93. The quantitative estimate of drug-likeness (QED) is 0.244. The summed E-state index contributed by atoms with van der Waals surface area (Å²) in [6, 6.07) is 4.16. The van der Waals surface area contributed by atoms with E-state index < -0.39 is 0 Å². The van der Waals surface area contributed by atoms with Gasteiger partial charge in [-0.2, -0.15) is 0 Å². The number of hydrogen-bond acceptors (Lipinski definition) is 4. The molecule has 2 heterocycles. The highest BCUT2D eigenvalue weighted by Crippen LogP contribution is 2.24. The summed E-state index contributed by atoms with van der Waals surface area (Å²) >= 11 is 0. The van der Waals surface area contributed by atoms with Crippen LogP contribution in [0.15, 0.2) is 41.7 Å². The molecule has 7 nitrogen and oxygen atoms in total. The molecule has 0 atom stereocenters. The molecule has 0 spiro atoms. The molecule has 1 fully saturated rings. The number of halogens is 1. The van der Waals surface area contributed by atoms with Crippen LogP contribution in [0.3, 0.4) is 0 Å². The molecule has 0 bridgehead atoms. The Kier molecular flexibility index (Phi) is 11.8. The van der Waals surface area contributed by atoms with Gasteiger partial charge in [0.15, 0.2) is 5.96 Å². The van der Waals surface area contributed by atoms with E-state index in [4.69, 9.17) is 0 Å². The number of amides is 1. The molecule has 1 aliphatic rings. The minimum atomic E-state index is -0.00323. The van der Waals surface area contributed by atoms with E-state index in [2.05, 4.69) is 43.8 Å². The van der Waals surface area contributed by atoms with E-state index in [0.717, 1.165) is 37.6 Å². The van der Waals surface area contributed by atoms with Gasteiger partial charge in [-0.25, -0.2) is 4.99 Å². The lowest BCUT2D eigenvalue weighted by Gasteiger charge is -2.34. The lowest BCUT2D eigenvalue weighted by molar-refractivity contribution is -0.127. The topological polar surface area (TPSA) is 64.1 Å². The number of piperidine rings is 1. The highest BCUT2D eigenvalue weighted by atomic mass is 127. The summed E-state index contributed by atoms with van der Waals surface area (Å²) in [7, 11) is 5.54. The predicted octanol–water partition coefficient (Wildman–Crippen LogP) is 2.85. The van der Waals surface area contributed by atoms with Crippen LogP contribution in [0.25, 0.3) is 0 Å². The average Bonchev–Trinajstić information content (AvgIpc) is 2.72. The Balaban J connectivity index is 0.00000450. The zero-order chi connectivity index (χ0) is 21.2. The molecule has 0 aromatic carbocycles. The first kappa shape index (κ1) is 26.2. The van der Waals surface area contributed by atoms with Crippen molar-refractivity contribution in [1.82, 2.24) is 20.1 Å². The van der Waals surface area contributed by atoms with Crippen molar-refractivity contribution >= 4 is 41.5 Å². The molecule has 0 saturated carbocycles. The molecule has 8 heteroatoms. The number of carbonyl (C=O) groups excluding carboxylic acids is 1. The largest absolute Gasteiger partial charge is 0.371 e. The van der Waals surface area contributed by atoms with E-state index in [-0.39, 0.29) is 36.4 Å². The normalized spacial score (nSPS) is 14.7. The fourth-order valence-electron chi connectivity index (χ4n) is 3.34. The molecule has 0 radical (unpaired) electrons. The Hall–Kier alpha value is -1.84. The molecule has 1 aliphatic heterocycles. The fraction of sp³-hybridized carbons (Fsp3) is 0.591. The number of aliphatic imine (C=N–C) groups is 1. The first-order valence-corrected chi connectivity index (χ1v) is 10.4. The maximum atomic E-state index is 11.9. The first-order valence-electron chi connectivity index (χ1n) is 10.4. The van der Waals surface area contributed by atoms with Gasteiger partial charge in [0.25, 0.3) is 0 Å². The van der Waals surface area contributed by atoms with Crippen LogP contribution in [0.4, 0.5) is 5.69 Å². The second kappa shape index (κ2) is 13.5. The van der Waals surface area contributed by atoms with E-state index >= 15 is 0 Å². The smallest absolute Gasteiger partial charge is 0.243 e. The highest BCUT2D eigenvalue weighted by molar-refractivity contribution is 14.0. The maximum Gasteiger partial charge on any atom is 0.243 e. The van der Waals surface area contributed by atoms with Crippen molar-refractivity contribution in [2.75, 3.05) is 58.8 Å². The van der Waals surface area contributed by atoms with Crippen molar-refractivity contribution in [3.05, 3.63) is 36.7 Å². The molecule has 1 saturated heterocycles. The van der Waals surface area contributed by atoms with Crippen LogP contribution in [-0.4, -0.2) is 80.5 Å². The number of likely N-dealkylation sites (N-methyl/N-ethyl adjacent to an activating group) is 1. The van der Waals surface area contributed by atoms with Crippen LogP contribution >= 0.6 is 24.0 Å². The highest BCUT2D eigenvalue weighted by Gasteiger charge is 2.20. The van der Waals surface area contributed by atoms with Gasteiger partial charge < -0.3 is 20.0 Å². The number of carbonyl (C=O) groups is 1. The Bertz CT molecular complexity index is 686. The molecule has 168 valence electrons. The van der Waals surface area contributed by atoms with Crippen LogP contribution < -0.4 is 10.2 Å². The number of nitrogens with zero attached hydrogens (tertiary/aromatic N) is 5. The number of nitrogens with one attached hydrogen (secondary N) is 1. The summed E-state index contributed by atoms with van der Waals surface area (Å²) in [5, 5.41) is 3.32. The van der Waals surface area contributed by atoms with Crippen LogP contribution in [0.5, 0.6) is 0 Å². The molecule has 0 aliphatic carbocycles. The SMILES string of the molecule is C=C(C)CNC(=NCC(=O)N(C)C)N(C)CCC1CCN(c2ccncc2)CC1.I. The minimum Gasteiger partial charge on any atom is -0.371 e. The van der Waals surface area contributed by atoms with Crippen molar-refractivity contribution in [2.45, 2.75) is 26.2 Å². The minimum absolute atomic E-state index is 0. The van der Waals surface area contributed by atoms with Gasteiger partial charge in [-0.1, -0.05) is 12.2 Å². The predicted molar refractivity (Wildman–Crippen MR) is 136 cm³/mol. The summed E-state index contributed by atoms with van der Waals surface area (Å²) in [5.41, 5.74) is 2.30. The molecule has 1 aromatic heterocycles. The van der Waals surface area contributed by atoms with Gasteiger partial charge in [0, 0.05) is 65.4 Å². The molecule has 1 N–H and O–H groups in total. The third kappa shape index (κ3) is 8.89. The second-order valence-corrected chi connectivity index (χ2v) is 8.08. The van der Waals surface area contributed by atoms with Crippen molar-refractivity contribution in [1.29, 1.82) is 0 Å². The number of guanidine groups is 1. The molecule has 0 unspecified atom stereocenters. The Morgan fingerprint density at radius 1 is 1.27 bits per heavy atom. The van der Waals surface area contributed by atoms with Crippen LogP contribution in [0.2, 0.25) is 0 Å². The summed E-state index contributed by atoms with van der Waals surface area (Å²) in [6.45, 7) is 9.82. The maximum absolute atomic E-state index is 11.9. The van der Waals surface area contributed by atoms with Crippen molar-refractivity contribution in [3.63, 3.8) is 0 Å². The Morgan fingerprint density at radius 3 is 2.47 bits per heavy atom. The third-order valence-electron chi connectivity index (χ3n) is 5.29. The Morgan fingerprint density at radius 2 is 1.90 bits per heavy atom. The number of aromatic nitrogens is 1. The van der Waals surface area contributed by atoms with Crippen molar-refractivity contribution in [3.8, 4) is 0 Å². The molecule has 2 rings (SSSR count). The monoisotopic (exact) mass is 528 g/mol. The van der Waals surface area contributed by atoms with Crippen LogP contribution in [-0.2, 0) is 4.79 Å². The zero-order valence-electron chi connectivity index (χ0n) is 18.8. The van der Waals surface area contributed by atoms with Gasteiger partial charge in [-0.05, 0) is 44.2 Å². The summed E-state index contributed by atoms with van der Waals surface area (Å²) in [6.07, 6.45) is 7.23. The molecule has 1 aromatic rings. The number of pyridine rings is 1. The zero-order valence-corrected chi connectivity index (χ0v) is 21.1. The van der Waals surface area contributed by atoms with E-state index in [0.29, 0.717) is 12.5 Å². The third-order valence-corrected chi connectivity index (χ3v) is 5.29. The summed E-state index contributed by atoms with van der Waals surface area (Å²) in [5.74, 6) is 1.47. The van der Waals surface area contributed by atoms with Crippen LogP contribution in [0.1, 0.15) is 26.2 Å². The van der Waals surface area contributed by atoms with Gasteiger partial charge in [-0.3, -0.25) is 9.78 Å². The van der Waals surface area contributed by atoms with Gasteiger partial charge in [0.1, 0.15) is 6.54 Å². The van der Waals surface area contributed by atoms with E-state index in [9.17, 15) is 4.79 Å². The number of rotatable bonds is 8. The summed E-state index contributed by atoms with van der Waals surface area (Å²) in [4.78, 5) is 26.7. The lowest BCUT2D eigenvalue weighted by Crippen LogP contribution is -2.42. The van der Waals surface area contributed by atoms with Gasteiger partial charge in [0.2, 0.25) is 5.91 Å². The number of anilines is 1. The van der Waals surface area contributed by atoms with Crippen molar-refractivity contribution < 1.29 is 4.79 Å². The number of hydrogen-bond donors (Lipinski definition) is 1. The molecular weight excluding hydrogens is 491 g/mol. The van der Waals surface area contributed by atoms with E-state index in [1.54, 1.807) is 19.0 Å². The van der Waals surface area contributed by atoms with Gasteiger partial charge >= 0.3 is 0 Å². The summed E-state index contributed by atoms with van der Waals surface area (Å²) < 4.78 is 0. The van der Waals surface area contributed by atoms with E-state index in [1.165, 1.54) is 18.5 Å². The Labute approximate surface area is 198 Å². The van der Waals surface area contributed by atoms with Crippen LogP contribution in [0, 0.1) is 5.92 Å².